The van der Waals surface area contributed by atoms with E-state index in [4.69, 9.17) is 9.15 Å². The molecule has 0 unspecified atom stereocenters. The van der Waals surface area contributed by atoms with Gasteiger partial charge >= 0.3 is 0 Å². The highest BCUT2D eigenvalue weighted by Crippen LogP contribution is 2.27. The van der Waals surface area contributed by atoms with Gasteiger partial charge in [0.25, 0.3) is 5.56 Å². The number of nitrogens with zero attached hydrogens (tertiary/aromatic N) is 5. The average molecular weight is 545 g/mol. The van der Waals surface area contributed by atoms with E-state index in [1.54, 1.807) is 24.3 Å². The van der Waals surface area contributed by atoms with Gasteiger partial charge in [-0.25, -0.2) is 18.4 Å². The normalized spacial score (nSPS) is 14.5. The van der Waals surface area contributed by atoms with Crippen molar-refractivity contribution in [3.63, 3.8) is 0 Å². The monoisotopic (exact) mass is 544 g/mol. The molecule has 0 aliphatic carbocycles. The number of benzene rings is 2. The lowest BCUT2D eigenvalue weighted by Crippen LogP contribution is -2.40. The molecule has 1 N–H and O–H groups in total. The predicted molar refractivity (Wildman–Crippen MR) is 145 cm³/mol. The summed E-state index contributed by atoms with van der Waals surface area (Å²) in [6.45, 7) is 3.31. The van der Waals surface area contributed by atoms with Crippen LogP contribution in [0.15, 0.2) is 87.2 Å². The fourth-order valence-corrected chi connectivity index (χ4v) is 5.81. The molecule has 0 radical (unpaired) electrons. The van der Waals surface area contributed by atoms with Gasteiger partial charge in [-0.3, -0.25) is 4.79 Å². The number of hydrogen-bond donors (Lipinski definition) is 1. The molecule has 0 spiro atoms. The quantitative estimate of drug-likeness (QED) is 0.341. The molecule has 0 atom stereocenters. The largest absolute Gasteiger partial charge is 0.463 e. The molecule has 4 heterocycles. The zero-order valence-electron chi connectivity index (χ0n) is 20.9. The first-order valence-electron chi connectivity index (χ1n) is 12.3. The van der Waals surface area contributed by atoms with E-state index in [1.165, 1.54) is 33.6 Å². The highest BCUT2D eigenvalue weighted by atomic mass is 32.2. The van der Waals surface area contributed by atoms with Gasteiger partial charge in [-0.05, 0) is 55.0 Å². The minimum Gasteiger partial charge on any atom is -0.463 e. The number of para-hydroxylation sites is 1. The second kappa shape index (κ2) is 10.1. The first-order chi connectivity index (χ1) is 18.9. The van der Waals surface area contributed by atoms with Gasteiger partial charge in [0.2, 0.25) is 16.0 Å². The van der Waals surface area contributed by atoms with Gasteiger partial charge in [0.15, 0.2) is 11.5 Å². The van der Waals surface area contributed by atoms with Crippen LogP contribution in [0, 0.1) is 6.92 Å². The van der Waals surface area contributed by atoms with Crippen LogP contribution >= 0.6 is 0 Å². The van der Waals surface area contributed by atoms with E-state index in [1.807, 2.05) is 31.2 Å². The Hall–Kier alpha value is -4.39. The van der Waals surface area contributed by atoms with Crippen LogP contribution in [0.2, 0.25) is 0 Å². The fraction of sp³-hybridized carbons (Fsp3) is 0.185. The van der Waals surface area contributed by atoms with Crippen molar-refractivity contribution in [2.24, 2.45) is 0 Å². The fourth-order valence-electron chi connectivity index (χ4n) is 4.40. The predicted octanol–water partition coefficient (Wildman–Crippen LogP) is 3.51. The summed E-state index contributed by atoms with van der Waals surface area (Å²) in [5.74, 6) is 0.665. The van der Waals surface area contributed by atoms with Gasteiger partial charge in [0.1, 0.15) is 5.52 Å². The summed E-state index contributed by atoms with van der Waals surface area (Å²) >= 11 is 0. The van der Waals surface area contributed by atoms with E-state index in [-0.39, 0.29) is 21.8 Å². The number of nitrogens with one attached hydrogen (secondary N) is 1. The van der Waals surface area contributed by atoms with Crippen LogP contribution in [0.1, 0.15) is 5.56 Å². The molecule has 1 aliphatic heterocycles. The van der Waals surface area contributed by atoms with Gasteiger partial charge < -0.3 is 14.5 Å². The highest BCUT2D eigenvalue weighted by molar-refractivity contribution is 7.89. The topological polar surface area (TPSA) is 132 Å². The highest BCUT2D eigenvalue weighted by Gasteiger charge is 2.26. The second-order valence-electron chi connectivity index (χ2n) is 8.95. The molecule has 1 fully saturated rings. The summed E-state index contributed by atoms with van der Waals surface area (Å²) in [6, 6.07) is 17.3. The lowest BCUT2D eigenvalue weighted by Gasteiger charge is -2.26. The molecule has 3 aromatic heterocycles. The van der Waals surface area contributed by atoms with Crippen LogP contribution < -0.4 is 10.9 Å². The molecule has 12 heteroatoms. The number of aromatic nitrogens is 4. The van der Waals surface area contributed by atoms with Crippen molar-refractivity contribution < 1.29 is 17.6 Å². The molecular formula is C27H24N6O5S. The van der Waals surface area contributed by atoms with Crippen LogP contribution in [0.3, 0.4) is 0 Å². The van der Waals surface area contributed by atoms with E-state index in [2.05, 4.69) is 20.4 Å². The molecule has 5 aromatic rings. The summed E-state index contributed by atoms with van der Waals surface area (Å²) in [4.78, 5) is 22.6. The van der Waals surface area contributed by atoms with Crippen LogP contribution in [0.5, 0.6) is 0 Å². The zero-order chi connectivity index (χ0) is 27.0. The van der Waals surface area contributed by atoms with Crippen molar-refractivity contribution in [3.8, 4) is 17.1 Å². The number of anilines is 2. The number of aryl methyl sites for hydroxylation is 1. The molecular weight excluding hydrogens is 520 g/mol. The maximum Gasteiger partial charge on any atom is 0.282 e. The maximum absolute atomic E-state index is 13.4. The third kappa shape index (κ3) is 4.69. The summed E-state index contributed by atoms with van der Waals surface area (Å²) in [5.41, 5.74) is 2.45. The maximum atomic E-state index is 13.4. The molecule has 11 nitrogen and oxygen atoms in total. The number of ether oxygens (including phenoxy) is 1. The minimum atomic E-state index is -3.61. The molecule has 198 valence electrons. The smallest absolute Gasteiger partial charge is 0.282 e. The third-order valence-corrected chi connectivity index (χ3v) is 8.37. The number of rotatable bonds is 6. The van der Waals surface area contributed by atoms with Crippen LogP contribution in [0.25, 0.3) is 28.0 Å². The number of furan rings is 1. The van der Waals surface area contributed by atoms with Gasteiger partial charge in [-0.15, -0.1) is 0 Å². The van der Waals surface area contributed by atoms with Gasteiger partial charge in [-0.1, -0.05) is 18.2 Å². The van der Waals surface area contributed by atoms with E-state index < -0.39 is 10.0 Å². The second-order valence-corrected chi connectivity index (χ2v) is 10.9. The van der Waals surface area contributed by atoms with Crippen molar-refractivity contribution in [2.75, 3.05) is 31.6 Å². The van der Waals surface area contributed by atoms with Gasteiger partial charge in [-0.2, -0.15) is 14.1 Å². The minimum absolute atomic E-state index is 0.190. The van der Waals surface area contributed by atoms with E-state index in [0.29, 0.717) is 54.6 Å². The molecule has 6 rings (SSSR count). The Morgan fingerprint density at radius 1 is 0.974 bits per heavy atom. The summed E-state index contributed by atoms with van der Waals surface area (Å²) in [7, 11) is -3.61. The van der Waals surface area contributed by atoms with Gasteiger partial charge in [0.05, 0.1) is 35.4 Å². The number of sulfonamides is 1. The standard InChI is InChI=1S/C27H24N6O5S/c1-18-5-2-3-6-22(18)33-26(34)21-17-28-27(30-24(21)25(31-33)23-7-4-14-38-23)29-19-8-10-20(11-9-19)39(35,36)32-12-15-37-16-13-32/h2-11,14,17H,12-13,15-16H2,1H3,(H,28,29,30). The molecule has 1 aliphatic rings. The van der Waals surface area contributed by atoms with Crippen LogP contribution in [-0.2, 0) is 14.8 Å². The van der Waals surface area contributed by atoms with Crippen LogP contribution in [-0.4, -0.2) is 58.8 Å². The van der Waals surface area contributed by atoms with Gasteiger partial charge in [0, 0.05) is 25.0 Å². The van der Waals surface area contributed by atoms with Crippen molar-refractivity contribution in [2.45, 2.75) is 11.8 Å². The number of hydrogen-bond acceptors (Lipinski definition) is 9. The van der Waals surface area contributed by atoms with Crippen molar-refractivity contribution in [1.29, 1.82) is 0 Å². The lowest BCUT2D eigenvalue weighted by molar-refractivity contribution is 0.0730. The van der Waals surface area contributed by atoms with Crippen molar-refractivity contribution >= 4 is 32.6 Å². The Labute approximate surface area is 223 Å². The first-order valence-corrected chi connectivity index (χ1v) is 13.7. The summed E-state index contributed by atoms with van der Waals surface area (Å²) < 4.78 is 39.4. The van der Waals surface area contributed by atoms with E-state index in [0.717, 1.165) is 5.56 Å². The number of fused-ring (bicyclic) bond motifs is 1. The Balaban J connectivity index is 1.37. The Morgan fingerprint density at radius 3 is 2.46 bits per heavy atom. The Morgan fingerprint density at radius 2 is 1.74 bits per heavy atom. The summed E-state index contributed by atoms with van der Waals surface area (Å²) in [6.07, 6.45) is 2.98. The summed E-state index contributed by atoms with van der Waals surface area (Å²) in [5, 5.41) is 7.98. The molecule has 0 amide bonds. The first kappa shape index (κ1) is 24.9. The lowest BCUT2D eigenvalue weighted by atomic mass is 10.2. The van der Waals surface area contributed by atoms with E-state index >= 15 is 0 Å². The van der Waals surface area contributed by atoms with E-state index in [9.17, 15) is 13.2 Å². The molecule has 1 saturated heterocycles. The zero-order valence-corrected chi connectivity index (χ0v) is 21.8. The third-order valence-electron chi connectivity index (χ3n) is 6.45. The van der Waals surface area contributed by atoms with Crippen LogP contribution in [0.4, 0.5) is 11.6 Å². The molecule has 39 heavy (non-hydrogen) atoms. The number of morpholine rings is 1. The average Bonchev–Trinajstić information content (AvgIpc) is 3.50. The Kier molecular flexibility index (Phi) is 6.43. The Bertz CT molecular complexity index is 1810. The van der Waals surface area contributed by atoms with Crippen molar-refractivity contribution in [1.82, 2.24) is 24.1 Å². The molecule has 0 saturated carbocycles. The molecule has 0 bridgehead atoms. The SMILES string of the molecule is Cc1ccccc1-n1nc(-c2ccco2)c2nc(Nc3ccc(S(=O)(=O)N4CCOCC4)cc3)ncc2c1=O. The van der Waals surface area contributed by atoms with Crippen molar-refractivity contribution in [3.05, 3.63) is 89.0 Å². The molecule has 2 aromatic carbocycles.